The highest BCUT2D eigenvalue weighted by molar-refractivity contribution is 5.27. The van der Waals surface area contributed by atoms with Crippen molar-refractivity contribution in [2.45, 2.75) is 66.3 Å². The van der Waals surface area contributed by atoms with Crippen molar-refractivity contribution in [1.29, 1.82) is 0 Å². The molecule has 2 nitrogen and oxygen atoms in total. The molecule has 0 spiro atoms. The molecule has 0 aliphatic rings. The van der Waals surface area contributed by atoms with Crippen LogP contribution < -0.4 is 10.1 Å². The number of rotatable bonds is 9. The SMILES string of the molecule is CCCNC(C)CCc1ccc(OCCC(C)(C)C)cc1. The number of benzene rings is 1. The first kappa shape index (κ1) is 18.0. The topological polar surface area (TPSA) is 21.3 Å². The Morgan fingerprint density at radius 2 is 1.81 bits per heavy atom. The molecule has 0 saturated heterocycles. The highest BCUT2D eigenvalue weighted by atomic mass is 16.5. The zero-order valence-electron chi connectivity index (χ0n) is 14.5. The van der Waals surface area contributed by atoms with Gasteiger partial charge in [-0.2, -0.15) is 0 Å². The standard InChI is InChI=1S/C19H33NO/c1-6-14-20-16(2)7-8-17-9-11-18(12-10-17)21-15-13-19(3,4)5/h9-12,16,20H,6-8,13-15H2,1-5H3. The molecule has 0 heterocycles. The summed E-state index contributed by atoms with van der Waals surface area (Å²) in [6.45, 7) is 13.1. The summed E-state index contributed by atoms with van der Waals surface area (Å²) in [5, 5.41) is 3.53. The molecule has 1 atom stereocenters. The average molecular weight is 291 g/mol. The Hall–Kier alpha value is -1.02. The molecule has 1 unspecified atom stereocenters. The normalized spacial score (nSPS) is 13.2. The summed E-state index contributed by atoms with van der Waals surface area (Å²) >= 11 is 0. The minimum Gasteiger partial charge on any atom is -0.494 e. The van der Waals surface area contributed by atoms with Gasteiger partial charge in [-0.25, -0.2) is 0 Å². The van der Waals surface area contributed by atoms with Crippen molar-refractivity contribution in [3.63, 3.8) is 0 Å². The van der Waals surface area contributed by atoms with E-state index in [9.17, 15) is 0 Å². The molecule has 0 amide bonds. The molecule has 0 fully saturated rings. The zero-order valence-corrected chi connectivity index (χ0v) is 14.5. The van der Waals surface area contributed by atoms with E-state index < -0.39 is 0 Å². The fraction of sp³-hybridized carbons (Fsp3) is 0.684. The molecule has 0 saturated carbocycles. The van der Waals surface area contributed by atoms with Gasteiger partial charge in [0.25, 0.3) is 0 Å². The third-order valence-corrected chi connectivity index (χ3v) is 3.65. The number of aryl methyl sites for hydroxylation is 1. The second-order valence-corrected chi connectivity index (χ2v) is 7.20. The van der Waals surface area contributed by atoms with Crippen molar-refractivity contribution < 1.29 is 4.74 Å². The summed E-state index contributed by atoms with van der Waals surface area (Å²) in [7, 11) is 0. The third kappa shape index (κ3) is 8.77. The minimum atomic E-state index is 0.335. The molecule has 0 aromatic heterocycles. The Morgan fingerprint density at radius 3 is 2.38 bits per heavy atom. The summed E-state index contributed by atoms with van der Waals surface area (Å²) in [4.78, 5) is 0. The summed E-state index contributed by atoms with van der Waals surface area (Å²) in [6, 6.07) is 9.18. The molecule has 21 heavy (non-hydrogen) atoms. The molecule has 1 N–H and O–H groups in total. The Balaban J connectivity index is 2.30. The Bertz CT molecular complexity index is 378. The molecule has 1 rings (SSSR count). The van der Waals surface area contributed by atoms with Crippen molar-refractivity contribution in [2.75, 3.05) is 13.2 Å². The van der Waals surface area contributed by atoms with Gasteiger partial charge in [-0.3, -0.25) is 0 Å². The molecule has 0 aliphatic carbocycles. The van der Waals surface area contributed by atoms with E-state index in [4.69, 9.17) is 4.74 Å². The van der Waals surface area contributed by atoms with Crippen LogP contribution in [-0.2, 0) is 6.42 Å². The molecule has 0 bridgehead atoms. The fourth-order valence-electron chi connectivity index (χ4n) is 2.10. The highest BCUT2D eigenvalue weighted by Crippen LogP contribution is 2.20. The lowest BCUT2D eigenvalue weighted by Gasteiger charge is -2.18. The molecular formula is C19H33NO. The van der Waals surface area contributed by atoms with E-state index in [0.717, 1.165) is 31.7 Å². The molecule has 0 radical (unpaired) electrons. The predicted molar refractivity (Wildman–Crippen MR) is 92.1 cm³/mol. The molecule has 0 aliphatic heterocycles. The number of hydrogen-bond acceptors (Lipinski definition) is 2. The van der Waals surface area contributed by atoms with E-state index in [1.807, 2.05) is 0 Å². The van der Waals surface area contributed by atoms with Gasteiger partial charge in [0.15, 0.2) is 0 Å². The molecule has 1 aromatic rings. The summed E-state index contributed by atoms with van der Waals surface area (Å²) in [6.07, 6.45) is 4.59. The predicted octanol–water partition coefficient (Wildman–Crippen LogP) is 4.82. The first-order valence-corrected chi connectivity index (χ1v) is 8.36. The van der Waals surface area contributed by atoms with Crippen LogP contribution in [-0.4, -0.2) is 19.2 Å². The Morgan fingerprint density at radius 1 is 1.14 bits per heavy atom. The average Bonchev–Trinajstić information content (AvgIpc) is 2.43. The monoisotopic (exact) mass is 291 g/mol. The lowest BCUT2D eigenvalue weighted by Crippen LogP contribution is -2.27. The lowest BCUT2D eigenvalue weighted by atomic mass is 9.93. The van der Waals surface area contributed by atoms with Gasteiger partial charge < -0.3 is 10.1 Å². The second-order valence-electron chi connectivity index (χ2n) is 7.20. The van der Waals surface area contributed by atoms with E-state index >= 15 is 0 Å². The number of ether oxygens (including phenoxy) is 1. The van der Waals surface area contributed by atoms with Crippen LogP contribution in [0.25, 0.3) is 0 Å². The van der Waals surface area contributed by atoms with E-state index in [1.54, 1.807) is 0 Å². The van der Waals surface area contributed by atoms with Crippen LogP contribution in [0.1, 0.15) is 59.4 Å². The molecule has 120 valence electrons. The van der Waals surface area contributed by atoms with Crippen molar-refractivity contribution in [3.8, 4) is 5.75 Å². The summed E-state index contributed by atoms with van der Waals surface area (Å²) < 4.78 is 5.80. The van der Waals surface area contributed by atoms with Gasteiger partial charge in [-0.15, -0.1) is 0 Å². The highest BCUT2D eigenvalue weighted by Gasteiger charge is 2.09. The Kier molecular flexibility index (Phi) is 7.81. The third-order valence-electron chi connectivity index (χ3n) is 3.65. The van der Waals surface area contributed by atoms with Gasteiger partial charge in [-0.1, -0.05) is 39.8 Å². The maximum absolute atomic E-state index is 5.80. The first-order valence-electron chi connectivity index (χ1n) is 8.36. The molecule has 2 heteroatoms. The molecule has 1 aromatic carbocycles. The fourth-order valence-corrected chi connectivity index (χ4v) is 2.10. The summed E-state index contributed by atoms with van der Waals surface area (Å²) in [5.74, 6) is 0.986. The number of hydrogen-bond donors (Lipinski definition) is 1. The van der Waals surface area contributed by atoms with Gasteiger partial charge in [0.2, 0.25) is 0 Å². The smallest absolute Gasteiger partial charge is 0.119 e. The van der Waals surface area contributed by atoms with Gasteiger partial charge in [0.1, 0.15) is 5.75 Å². The second kappa shape index (κ2) is 9.09. The maximum Gasteiger partial charge on any atom is 0.119 e. The van der Waals surface area contributed by atoms with Crippen LogP contribution >= 0.6 is 0 Å². The lowest BCUT2D eigenvalue weighted by molar-refractivity contribution is 0.243. The largest absolute Gasteiger partial charge is 0.494 e. The van der Waals surface area contributed by atoms with E-state index in [2.05, 4.69) is 64.2 Å². The van der Waals surface area contributed by atoms with Crippen LogP contribution in [0.4, 0.5) is 0 Å². The van der Waals surface area contributed by atoms with Crippen molar-refractivity contribution in [2.24, 2.45) is 5.41 Å². The van der Waals surface area contributed by atoms with Gasteiger partial charge in [-0.05, 0) is 62.3 Å². The maximum atomic E-state index is 5.80. The zero-order chi connectivity index (χ0) is 15.7. The minimum absolute atomic E-state index is 0.335. The molecular weight excluding hydrogens is 258 g/mol. The van der Waals surface area contributed by atoms with E-state index in [0.29, 0.717) is 11.5 Å². The van der Waals surface area contributed by atoms with Crippen LogP contribution in [0.2, 0.25) is 0 Å². The quantitative estimate of drug-likeness (QED) is 0.704. The summed E-state index contributed by atoms with van der Waals surface area (Å²) in [5.41, 5.74) is 1.73. The van der Waals surface area contributed by atoms with E-state index in [1.165, 1.54) is 18.4 Å². The van der Waals surface area contributed by atoms with Crippen LogP contribution in [0.15, 0.2) is 24.3 Å². The van der Waals surface area contributed by atoms with Gasteiger partial charge in [0.05, 0.1) is 6.61 Å². The van der Waals surface area contributed by atoms with Crippen molar-refractivity contribution in [1.82, 2.24) is 5.32 Å². The Labute approximate surface area is 131 Å². The van der Waals surface area contributed by atoms with Gasteiger partial charge >= 0.3 is 0 Å². The van der Waals surface area contributed by atoms with Crippen molar-refractivity contribution >= 4 is 0 Å². The van der Waals surface area contributed by atoms with E-state index in [-0.39, 0.29) is 0 Å². The first-order chi connectivity index (χ1) is 9.90. The van der Waals surface area contributed by atoms with Crippen LogP contribution in [0.3, 0.4) is 0 Å². The van der Waals surface area contributed by atoms with Gasteiger partial charge in [0, 0.05) is 6.04 Å². The van der Waals surface area contributed by atoms with Crippen molar-refractivity contribution in [3.05, 3.63) is 29.8 Å². The number of nitrogens with one attached hydrogen (secondary N) is 1. The van der Waals surface area contributed by atoms with Crippen LogP contribution in [0, 0.1) is 5.41 Å². The van der Waals surface area contributed by atoms with Crippen LogP contribution in [0.5, 0.6) is 5.75 Å².